The van der Waals surface area contributed by atoms with E-state index < -0.39 is 0 Å². The van der Waals surface area contributed by atoms with E-state index in [9.17, 15) is 4.79 Å². The van der Waals surface area contributed by atoms with Crippen LogP contribution < -0.4 is 0 Å². The summed E-state index contributed by atoms with van der Waals surface area (Å²) in [5, 5.41) is 1.09. The Kier molecular flexibility index (Phi) is 3.23. The minimum Gasteiger partial charge on any atom is -0.299 e. The van der Waals surface area contributed by atoms with Crippen LogP contribution in [0.2, 0.25) is 0 Å². The lowest BCUT2D eigenvalue weighted by Crippen LogP contribution is -2.08. The number of fused-ring (bicyclic) bond motifs is 1. The molecule has 0 fully saturated rings. The average molecular weight is 227 g/mol. The van der Waals surface area contributed by atoms with Gasteiger partial charge >= 0.3 is 0 Å². The highest BCUT2D eigenvalue weighted by Crippen LogP contribution is 2.26. The average Bonchev–Trinajstić information content (AvgIpc) is 2.35. The molecule has 0 spiro atoms. The van der Waals surface area contributed by atoms with Gasteiger partial charge in [0.15, 0.2) is 0 Å². The van der Waals surface area contributed by atoms with Gasteiger partial charge in [0.2, 0.25) is 0 Å². The molecule has 0 bridgehead atoms. The zero-order valence-electron chi connectivity index (χ0n) is 10.5. The number of aryl methyl sites for hydroxylation is 1. The van der Waals surface area contributed by atoms with E-state index in [4.69, 9.17) is 0 Å². The van der Waals surface area contributed by atoms with Gasteiger partial charge in [0, 0.05) is 23.4 Å². The fourth-order valence-corrected chi connectivity index (χ4v) is 2.18. The number of aromatic nitrogens is 1. The summed E-state index contributed by atoms with van der Waals surface area (Å²) in [7, 11) is 0. The van der Waals surface area contributed by atoms with Gasteiger partial charge in [0.05, 0.1) is 5.52 Å². The van der Waals surface area contributed by atoms with E-state index in [1.807, 2.05) is 51.1 Å². The quantitative estimate of drug-likeness (QED) is 0.801. The molecule has 0 aliphatic heterocycles. The maximum atomic E-state index is 11.8. The van der Waals surface area contributed by atoms with E-state index in [0.717, 1.165) is 22.2 Å². The molecule has 2 nitrogen and oxygen atoms in total. The molecule has 0 aliphatic carbocycles. The summed E-state index contributed by atoms with van der Waals surface area (Å²) >= 11 is 0. The molecular formula is C15H17NO. The zero-order chi connectivity index (χ0) is 12.4. The van der Waals surface area contributed by atoms with Crippen LogP contribution >= 0.6 is 0 Å². The Morgan fingerprint density at radius 1 is 1.35 bits per heavy atom. The number of hydrogen-bond acceptors (Lipinski definition) is 2. The highest BCUT2D eigenvalue weighted by molar-refractivity contribution is 5.92. The summed E-state index contributed by atoms with van der Waals surface area (Å²) in [6, 6.07) is 10.0. The lowest BCUT2D eigenvalue weighted by atomic mass is 9.92. The van der Waals surface area contributed by atoms with Gasteiger partial charge in [-0.1, -0.05) is 32.0 Å². The molecule has 88 valence electrons. The number of carbonyl (C=O) groups excluding carboxylic acids is 1. The van der Waals surface area contributed by atoms with Crippen molar-refractivity contribution in [3.05, 3.63) is 41.6 Å². The summed E-state index contributed by atoms with van der Waals surface area (Å²) < 4.78 is 0. The van der Waals surface area contributed by atoms with E-state index in [1.54, 1.807) is 0 Å². The van der Waals surface area contributed by atoms with Gasteiger partial charge in [-0.3, -0.25) is 9.78 Å². The first kappa shape index (κ1) is 11.8. The van der Waals surface area contributed by atoms with Gasteiger partial charge in [0.25, 0.3) is 0 Å². The highest BCUT2D eigenvalue weighted by Gasteiger charge is 2.16. The fourth-order valence-electron chi connectivity index (χ4n) is 2.18. The predicted molar refractivity (Wildman–Crippen MR) is 70.2 cm³/mol. The van der Waals surface area contributed by atoms with E-state index in [0.29, 0.717) is 6.42 Å². The number of benzene rings is 1. The largest absolute Gasteiger partial charge is 0.299 e. The van der Waals surface area contributed by atoms with E-state index >= 15 is 0 Å². The molecule has 1 aromatic heterocycles. The molecule has 1 heterocycles. The lowest BCUT2D eigenvalue weighted by molar-refractivity contribution is -0.119. The SMILES string of the molecule is CCC(=O)C(C)c1cc(C)nc2ccccc12. The number of rotatable bonds is 3. The first-order valence-electron chi connectivity index (χ1n) is 6.02. The summed E-state index contributed by atoms with van der Waals surface area (Å²) in [6.07, 6.45) is 0.580. The Hall–Kier alpha value is -1.70. The molecule has 0 saturated carbocycles. The maximum absolute atomic E-state index is 11.8. The van der Waals surface area contributed by atoms with Gasteiger partial charge < -0.3 is 0 Å². The number of hydrogen-bond donors (Lipinski definition) is 0. The minimum absolute atomic E-state index is 0.0494. The van der Waals surface area contributed by atoms with Crippen molar-refractivity contribution in [2.24, 2.45) is 0 Å². The lowest BCUT2D eigenvalue weighted by Gasteiger charge is -2.13. The molecule has 0 saturated heterocycles. The van der Waals surface area contributed by atoms with Crippen LogP contribution in [0.4, 0.5) is 0 Å². The number of nitrogens with zero attached hydrogens (tertiary/aromatic N) is 1. The molecule has 0 amide bonds. The maximum Gasteiger partial charge on any atom is 0.139 e. The third-order valence-corrected chi connectivity index (χ3v) is 3.17. The Morgan fingerprint density at radius 3 is 2.76 bits per heavy atom. The molecule has 2 heteroatoms. The van der Waals surface area contributed by atoms with Crippen LogP contribution in [-0.2, 0) is 4.79 Å². The van der Waals surface area contributed by atoms with Crippen LogP contribution in [0, 0.1) is 6.92 Å². The van der Waals surface area contributed by atoms with Crippen LogP contribution in [0.1, 0.15) is 37.4 Å². The summed E-state index contributed by atoms with van der Waals surface area (Å²) in [6.45, 7) is 5.86. The normalized spacial score (nSPS) is 12.6. The molecule has 2 rings (SSSR count). The Balaban J connectivity index is 2.63. The second-order valence-electron chi connectivity index (χ2n) is 4.41. The van der Waals surface area contributed by atoms with E-state index in [-0.39, 0.29) is 11.7 Å². The zero-order valence-corrected chi connectivity index (χ0v) is 10.5. The third-order valence-electron chi connectivity index (χ3n) is 3.17. The fraction of sp³-hybridized carbons (Fsp3) is 0.333. The summed E-state index contributed by atoms with van der Waals surface area (Å²) in [5.74, 6) is 0.229. The number of pyridine rings is 1. The molecule has 2 aromatic rings. The number of carbonyl (C=O) groups is 1. The third kappa shape index (κ3) is 2.21. The number of para-hydroxylation sites is 1. The molecule has 0 N–H and O–H groups in total. The number of ketones is 1. The van der Waals surface area contributed by atoms with Crippen LogP contribution in [0.25, 0.3) is 10.9 Å². The molecular weight excluding hydrogens is 210 g/mol. The van der Waals surface area contributed by atoms with Crippen LogP contribution in [0.5, 0.6) is 0 Å². The summed E-state index contributed by atoms with van der Waals surface area (Å²) in [4.78, 5) is 16.3. The molecule has 1 aromatic carbocycles. The standard InChI is InChI=1S/C15H17NO/c1-4-15(17)11(3)13-9-10(2)16-14-8-6-5-7-12(13)14/h5-9,11H,4H2,1-3H3. The van der Waals surface area contributed by atoms with Gasteiger partial charge in [-0.25, -0.2) is 0 Å². The molecule has 0 aliphatic rings. The molecule has 1 unspecified atom stereocenters. The summed E-state index contributed by atoms with van der Waals surface area (Å²) in [5.41, 5.74) is 3.03. The minimum atomic E-state index is -0.0494. The molecule has 0 radical (unpaired) electrons. The van der Waals surface area contributed by atoms with Crippen LogP contribution in [0.15, 0.2) is 30.3 Å². The van der Waals surface area contributed by atoms with Gasteiger partial charge in [-0.2, -0.15) is 0 Å². The van der Waals surface area contributed by atoms with Crippen molar-refractivity contribution in [2.45, 2.75) is 33.1 Å². The Bertz CT molecular complexity index is 560. The van der Waals surface area contributed by atoms with Crippen molar-refractivity contribution in [3.63, 3.8) is 0 Å². The van der Waals surface area contributed by atoms with Gasteiger partial charge in [-0.15, -0.1) is 0 Å². The predicted octanol–water partition coefficient (Wildman–Crippen LogP) is 3.63. The van der Waals surface area contributed by atoms with Crippen LogP contribution in [-0.4, -0.2) is 10.8 Å². The Labute approximate surface area is 102 Å². The Morgan fingerprint density at radius 2 is 2.06 bits per heavy atom. The van der Waals surface area contributed by atoms with Gasteiger partial charge in [-0.05, 0) is 24.6 Å². The van der Waals surface area contributed by atoms with Gasteiger partial charge in [0.1, 0.15) is 5.78 Å². The first-order chi connectivity index (χ1) is 8.13. The van der Waals surface area contributed by atoms with Crippen molar-refractivity contribution in [1.82, 2.24) is 4.98 Å². The van der Waals surface area contributed by atoms with Crippen molar-refractivity contribution >= 4 is 16.7 Å². The van der Waals surface area contributed by atoms with Crippen LogP contribution in [0.3, 0.4) is 0 Å². The monoisotopic (exact) mass is 227 g/mol. The molecule has 17 heavy (non-hydrogen) atoms. The first-order valence-corrected chi connectivity index (χ1v) is 6.02. The van der Waals surface area contributed by atoms with Crippen molar-refractivity contribution in [2.75, 3.05) is 0 Å². The second-order valence-corrected chi connectivity index (χ2v) is 4.41. The van der Waals surface area contributed by atoms with Crippen molar-refractivity contribution in [3.8, 4) is 0 Å². The van der Waals surface area contributed by atoms with E-state index in [1.165, 1.54) is 0 Å². The van der Waals surface area contributed by atoms with Crippen molar-refractivity contribution in [1.29, 1.82) is 0 Å². The van der Waals surface area contributed by atoms with Crippen molar-refractivity contribution < 1.29 is 4.79 Å². The molecule has 1 atom stereocenters. The number of Topliss-reactive ketones (excluding diaryl/α,β-unsaturated/α-hetero) is 1. The highest BCUT2D eigenvalue weighted by atomic mass is 16.1. The topological polar surface area (TPSA) is 30.0 Å². The smallest absolute Gasteiger partial charge is 0.139 e. The van der Waals surface area contributed by atoms with E-state index in [2.05, 4.69) is 4.98 Å². The second kappa shape index (κ2) is 4.66.